The summed E-state index contributed by atoms with van der Waals surface area (Å²) in [6.07, 6.45) is 5.90. The first-order valence-electron chi connectivity index (χ1n) is 5.66. The molecule has 1 N–H and O–H groups in total. The minimum absolute atomic E-state index is 0.519. The minimum atomic E-state index is -0.519. The molecule has 13 heavy (non-hydrogen) atoms. The van der Waals surface area contributed by atoms with E-state index in [-0.39, 0.29) is 0 Å². The van der Waals surface area contributed by atoms with Crippen LogP contribution in [0.5, 0.6) is 0 Å². The van der Waals surface area contributed by atoms with Crippen molar-refractivity contribution in [2.75, 3.05) is 0 Å². The van der Waals surface area contributed by atoms with Gasteiger partial charge in [0.05, 0.1) is 0 Å². The summed E-state index contributed by atoms with van der Waals surface area (Å²) in [6, 6.07) is 1.27. The zero-order chi connectivity index (χ0) is 9.26. The molecule has 76 valence electrons. The van der Waals surface area contributed by atoms with E-state index in [1.165, 1.54) is 12.8 Å². The van der Waals surface area contributed by atoms with Gasteiger partial charge in [-0.1, -0.05) is 0 Å². The van der Waals surface area contributed by atoms with Gasteiger partial charge in [-0.05, 0) is 51.4 Å². The van der Waals surface area contributed by atoms with Crippen LogP contribution in [0.3, 0.4) is 0 Å². The fraction of sp³-hybridized carbons (Fsp3) is 1.00. The van der Waals surface area contributed by atoms with Gasteiger partial charge >= 0.3 is 0 Å². The van der Waals surface area contributed by atoms with Gasteiger partial charge in [0, 0.05) is 12.1 Å². The van der Waals surface area contributed by atoms with E-state index in [1.54, 1.807) is 0 Å². The molecule has 2 fully saturated rings. The Labute approximate surface area is 80.1 Å². The lowest BCUT2D eigenvalue weighted by atomic mass is 9.93. The molecular formula is C11H20FN. The number of hydrogen-bond acceptors (Lipinski definition) is 1. The van der Waals surface area contributed by atoms with Crippen molar-refractivity contribution in [2.45, 2.75) is 63.7 Å². The molecular weight excluding hydrogens is 165 g/mol. The van der Waals surface area contributed by atoms with E-state index in [1.807, 2.05) is 0 Å². The van der Waals surface area contributed by atoms with Crippen LogP contribution in [0.2, 0.25) is 0 Å². The average molecular weight is 185 g/mol. The molecule has 0 saturated heterocycles. The molecule has 2 rings (SSSR count). The zero-order valence-corrected chi connectivity index (χ0v) is 8.43. The Morgan fingerprint density at radius 3 is 2.23 bits per heavy atom. The Morgan fingerprint density at radius 1 is 1.08 bits per heavy atom. The summed E-state index contributed by atoms with van der Waals surface area (Å²) in [6.45, 7) is 2.28. The average Bonchev–Trinajstić information content (AvgIpc) is 2.91. The van der Waals surface area contributed by atoms with Crippen molar-refractivity contribution in [3.8, 4) is 0 Å². The largest absolute Gasteiger partial charge is 0.311 e. The summed E-state index contributed by atoms with van der Waals surface area (Å²) in [5.74, 6) is 0.920. The van der Waals surface area contributed by atoms with Crippen molar-refractivity contribution >= 4 is 0 Å². The third-order valence-electron chi connectivity index (χ3n) is 3.48. The smallest absolute Gasteiger partial charge is 0.100 e. The monoisotopic (exact) mass is 185 g/mol. The molecule has 2 aliphatic carbocycles. The second kappa shape index (κ2) is 3.95. The molecule has 2 heteroatoms. The summed E-state index contributed by atoms with van der Waals surface area (Å²) >= 11 is 0. The van der Waals surface area contributed by atoms with Crippen molar-refractivity contribution < 1.29 is 4.39 Å². The molecule has 2 saturated carbocycles. The molecule has 0 amide bonds. The number of hydrogen-bond donors (Lipinski definition) is 1. The number of nitrogens with one attached hydrogen (secondary N) is 1. The second-order valence-corrected chi connectivity index (χ2v) is 4.74. The topological polar surface area (TPSA) is 12.0 Å². The number of alkyl halides is 1. The Kier molecular flexibility index (Phi) is 2.87. The van der Waals surface area contributed by atoms with Crippen LogP contribution < -0.4 is 5.32 Å². The van der Waals surface area contributed by atoms with Gasteiger partial charge in [0.25, 0.3) is 0 Å². The Bertz CT molecular complexity index is 159. The van der Waals surface area contributed by atoms with Crippen LogP contribution in [0.4, 0.5) is 4.39 Å². The molecule has 0 bridgehead atoms. The molecule has 2 aliphatic rings. The summed E-state index contributed by atoms with van der Waals surface area (Å²) in [4.78, 5) is 0. The van der Waals surface area contributed by atoms with Crippen LogP contribution in [0.15, 0.2) is 0 Å². The van der Waals surface area contributed by atoms with Crippen LogP contribution in [0.25, 0.3) is 0 Å². The van der Waals surface area contributed by atoms with Gasteiger partial charge in [-0.25, -0.2) is 4.39 Å². The lowest BCUT2D eigenvalue weighted by Crippen LogP contribution is -2.40. The van der Waals surface area contributed by atoms with Crippen molar-refractivity contribution in [1.82, 2.24) is 5.32 Å². The van der Waals surface area contributed by atoms with Gasteiger partial charge in [0.15, 0.2) is 0 Å². The summed E-state index contributed by atoms with van der Waals surface area (Å²) < 4.78 is 12.8. The molecule has 0 heterocycles. The summed E-state index contributed by atoms with van der Waals surface area (Å²) in [5.41, 5.74) is 0. The first kappa shape index (κ1) is 9.45. The molecule has 1 nitrogen and oxygen atoms in total. The highest BCUT2D eigenvalue weighted by Crippen LogP contribution is 2.33. The first-order valence-corrected chi connectivity index (χ1v) is 5.66. The fourth-order valence-electron chi connectivity index (χ4n) is 2.32. The Hall–Kier alpha value is -0.110. The van der Waals surface area contributed by atoms with Gasteiger partial charge in [-0.15, -0.1) is 0 Å². The van der Waals surface area contributed by atoms with Crippen molar-refractivity contribution in [3.05, 3.63) is 0 Å². The Morgan fingerprint density at radius 2 is 1.69 bits per heavy atom. The van der Waals surface area contributed by atoms with Gasteiger partial charge in [-0.3, -0.25) is 0 Å². The van der Waals surface area contributed by atoms with E-state index < -0.39 is 6.17 Å². The fourth-order valence-corrected chi connectivity index (χ4v) is 2.32. The maximum absolute atomic E-state index is 12.8. The lowest BCUT2D eigenvalue weighted by molar-refractivity contribution is 0.211. The highest BCUT2D eigenvalue weighted by molar-refractivity contribution is 4.87. The third-order valence-corrected chi connectivity index (χ3v) is 3.48. The van der Waals surface area contributed by atoms with Crippen LogP contribution in [0.1, 0.15) is 45.4 Å². The molecule has 1 unspecified atom stereocenters. The van der Waals surface area contributed by atoms with Crippen LogP contribution in [0, 0.1) is 5.92 Å². The van der Waals surface area contributed by atoms with E-state index in [9.17, 15) is 4.39 Å². The molecule has 0 radical (unpaired) electrons. The van der Waals surface area contributed by atoms with E-state index in [0.29, 0.717) is 12.1 Å². The second-order valence-electron chi connectivity index (χ2n) is 4.74. The Balaban J connectivity index is 1.69. The molecule has 0 aromatic carbocycles. The maximum Gasteiger partial charge on any atom is 0.100 e. The molecule has 0 aromatic heterocycles. The standard InChI is InChI=1S/C11H20FN/c1-8(9-2-3-9)13-11-6-4-10(12)5-7-11/h8-11,13H,2-7H2,1H3. The van der Waals surface area contributed by atoms with Gasteiger partial charge in [0.2, 0.25) is 0 Å². The van der Waals surface area contributed by atoms with Gasteiger partial charge in [0.1, 0.15) is 6.17 Å². The van der Waals surface area contributed by atoms with E-state index in [0.717, 1.165) is 31.6 Å². The minimum Gasteiger partial charge on any atom is -0.311 e. The first-order chi connectivity index (χ1) is 6.25. The van der Waals surface area contributed by atoms with Gasteiger partial charge < -0.3 is 5.32 Å². The van der Waals surface area contributed by atoms with Crippen LogP contribution >= 0.6 is 0 Å². The third kappa shape index (κ3) is 2.67. The summed E-state index contributed by atoms with van der Waals surface area (Å²) in [7, 11) is 0. The highest BCUT2D eigenvalue weighted by atomic mass is 19.1. The van der Waals surface area contributed by atoms with Crippen molar-refractivity contribution in [1.29, 1.82) is 0 Å². The van der Waals surface area contributed by atoms with E-state index >= 15 is 0 Å². The molecule has 0 spiro atoms. The molecule has 0 aromatic rings. The molecule has 0 aliphatic heterocycles. The maximum atomic E-state index is 12.8. The SMILES string of the molecule is CC(NC1CCC(F)CC1)C1CC1. The molecule has 1 atom stereocenters. The lowest BCUT2D eigenvalue weighted by Gasteiger charge is -2.28. The van der Waals surface area contributed by atoms with E-state index in [2.05, 4.69) is 12.2 Å². The number of rotatable bonds is 3. The highest BCUT2D eigenvalue weighted by Gasteiger charge is 2.30. The normalized spacial score (nSPS) is 37.4. The van der Waals surface area contributed by atoms with Crippen molar-refractivity contribution in [2.24, 2.45) is 5.92 Å². The quantitative estimate of drug-likeness (QED) is 0.712. The predicted molar refractivity (Wildman–Crippen MR) is 52.5 cm³/mol. The van der Waals surface area contributed by atoms with Crippen LogP contribution in [-0.4, -0.2) is 18.3 Å². The van der Waals surface area contributed by atoms with E-state index in [4.69, 9.17) is 0 Å². The van der Waals surface area contributed by atoms with Crippen LogP contribution in [-0.2, 0) is 0 Å². The predicted octanol–water partition coefficient (Wildman–Crippen LogP) is 2.66. The van der Waals surface area contributed by atoms with Gasteiger partial charge in [-0.2, -0.15) is 0 Å². The number of halogens is 1. The van der Waals surface area contributed by atoms with Crippen molar-refractivity contribution in [3.63, 3.8) is 0 Å². The summed E-state index contributed by atoms with van der Waals surface area (Å²) in [5, 5.41) is 3.63. The zero-order valence-electron chi connectivity index (χ0n) is 8.43.